The van der Waals surface area contributed by atoms with E-state index in [0.717, 1.165) is 32.5 Å². The Labute approximate surface area is 129 Å². The molecule has 0 aromatic rings. The van der Waals surface area contributed by atoms with E-state index in [1.165, 1.54) is 12.8 Å². The third-order valence-corrected chi connectivity index (χ3v) is 5.22. The van der Waals surface area contributed by atoms with Crippen LogP contribution in [0.5, 0.6) is 0 Å². The molecule has 1 N–H and O–H groups in total. The lowest BCUT2D eigenvalue weighted by molar-refractivity contribution is -0.138. The molecule has 2 aliphatic heterocycles. The van der Waals surface area contributed by atoms with Crippen molar-refractivity contribution >= 4 is 5.91 Å². The monoisotopic (exact) mass is 296 g/mol. The Hall–Kier alpha value is -0.610. The minimum Gasteiger partial charge on any atom is -0.374 e. The van der Waals surface area contributed by atoms with E-state index in [0.29, 0.717) is 17.9 Å². The van der Waals surface area contributed by atoms with Crippen molar-refractivity contribution in [2.24, 2.45) is 11.8 Å². The van der Waals surface area contributed by atoms with Crippen molar-refractivity contribution in [1.29, 1.82) is 0 Å². The summed E-state index contributed by atoms with van der Waals surface area (Å²) in [6, 6.07) is 0.483. The second-order valence-corrected chi connectivity index (χ2v) is 6.86. The fourth-order valence-corrected chi connectivity index (χ4v) is 3.72. The molecule has 2 saturated heterocycles. The highest BCUT2D eigenvalue weighted by Crippen LogP contribution is 2.33. The molecule has 0 saturated carbocycles. The molecule has 2 heterocycles. The van der Waals surface area contributed by atoms with Crippen LogP contribution < -0.4 is 5.32 Å². The van der Waals surface area contributed by atoms with Crippen LogP contribution >= 0.6 is 0 Å². The molecular formula is C17H32N2O2. The van der Waals surface area contributed by atoms with Crippen LogP contribution in [0.2, 0.25) is 0 Å². The Morgan fingerprint density at radius 1 is 1.29 bits per heavy atom. The summed E-state index contributed by atoms with van der Waals surface area (Å²) in [5, 5.41) is 3.52. The number of unbranched alkanes of at least 4 members (excludes halogenated alkanes) is 1. The maximum absolute atomic E-state index is 13.0. The lowest BCUT2D eigenvalue weighted by atomic mass is 9.88. The zero-order valence-electron chi connectivity index (χ0n) is 14.1. The second kappa shape index (κ2) is 7.59. The first-order valence-corrected chi connectivity index (χ1v) is 8.72. The van der Waals surface area contributed by atoms with Gasteiger partial charge in [0.05, 0.1) is 18.1 Å². The van der Waals surface area contributed by atoms with Gasteiger partial charge in [-0.1, -0.05) is 20.3 Å². The lowest BCUT2D eigenvalue weighted by Gasteiger charge is -2.30. The number of hydrogen-bond acceptors (Lipinski definition) is 3. The number of ether oxygens (including phenoxy) is 1. The Morgan fingerprint density at radius 2 is 2.05 bits per heavy atom. The van der Waals surface area contributed by atoms with Crippen LogP contribution in [-0.4, -0.2) is 48.7 Å². The largest absolute Gasteiger partial charge is 0.374 e. The highest BCUT2D eigenvalue weighted by Gasteiger charge is 2.43. The molecular weight excluding hydrogens is 264 g/mol. The van der Waals surface area contributed by atoms with Gasteiger partial charge in [-0.15, -0.1) is 0 Å². The molecule has 0 aromatic heterocycles. The summed E-state index contributed by atoms with van der Waals surface area (Å²) < 4.78 is 5.87. The van der Waals surface area contributed by atoms with Gasteiger partial charge < -0.3 is 15.0 Å². The topological polar surface area (TPSA) is 41.6 Å². The average Bonchev–Trinajstić information content (AvgIpc) is 3.03. The van der Waals surface area contributed by atoms with Gasteiger partial charge in [-0.05, 0) is 45.6 Å². The lowest BCUT2D eigenvalue weighted by Crippen LogP contribution is -2.46. The zero-order valence-corrected chi connectivity index (χ0v) is 14.1. The number of nitrogens with zero attached hydrogens (tertiary/aromatic N) is 1. The van der Waals surface area contributed by atoms with Crippen LogP contribution in [0.4, 0.5) is 0 Å². The molecule has 2 rings (SSSR count). The molecule has 0 aromatic carbocycles. The van der Waals surface area contributed by atoms with E-state index >= 15 is 0 Å². The van der Waals surface area contributed by atoms with Gasteiger partial charge in [0.1, 0.15) is 0 Å². The summed E-state index contributed by atoms with van der Waals surface area (Å²) in [4.78, 5) is 15.1. The van der Waals surface area contributed by atoms with Crippen LogP contribution in [0.15, 0.2) is 0 Å². The van der Waals surface area contributed by atoms with Gasteiger partial charge in [-0.3, -0.25) is 4.79 Å². The third kappa shape index (κ3) is 3.98. The molecule has 0 spiro atoms. The Morgan fingerprint density at radius 3 is 2.57 bits per heavy atom. The summed E-state index contributed by atoms with van der Waals surface area (Å²) in [6.07, 6.45) is 4.87. The van der Waals surface area contributed by atoms with Gasteiger partial charge in [0, 0.05) is 19.1 Å². The van der Waals surface area contributed by atoms with Gasteiger partial charge in [-0.2, -0.15) is 0 Å². The highest BCUT2D eigenvalue weighted by atomic mass is 16.5. The minimum absolute atomic E-state index is 0.0262. The first-order chi connectivity index (χ1) is 10.0. The van der Waals surface area contributed by atoms with E-state index in [4.69, 9.17) is 4.74 Å². The molecule has 0 aliphatic carbocycles. The number of carbonyl (C=O) groups excluding carboxylic acids is 1. The van der Waals surface area contributed by atoms with Crippen LogP contribution in [-0.2, 0) is 9.53 Å². The second-order valence-electron chi connectivity index (χ2n) is 6.86. The van der Waals surface area contributed by atoms with Gasteiger partial charge in [0.25, 0.3) is 0 Å². The normalized spacial score (nSPS) is 36.1. The van der Waals surface area contributed by atoms with Crippen LogP contribution in [0.1, 0.15) is 53.4 Å². The van der Waals surface area contributed by atoms with Crippen molar-refractivity contribution in [1.82, 2.24) is 10.2 Å². The number of rotatable bonds is 6. The third-order valence-electron chi connectivity index (χ3n) is 5.22. The van der Waals surface area contributed by atoms with E-state index in [-0.39, 0.29) is 18.1 Å². The van der Waals surface area contributed by atoms with E-state index in [9.17, 15) is 4.79 Å². The molecule has 2 fully saturated rings. The van der Waals surface area contributed by atoms with Crippen LogP contribution in [0.25, 0.3) is 0 Å². The smallest absolute Gasteiger partial charge is 0.228 e. The zero-order chi connectivity index (χ0) is 15.4. The predicted molar refractivity (Wildman–Crippen MR) is 85.2 cm³/mol. The van der Waals surface area contributed by atoms with E-state index in [1.54, 1.807) is 0 Å². The molecule has 0 radical (unpaired) electrons. The van der Waals surface area contributed by atoms with Crippen LogP contribution in [0.3, 0.4) is 0 Å². The quantitative estimate of drug-likeness (QED) is 0.818. The highest BCUT2D eigenvalue weighted by molar-refractivity contribution is 5.80. The minimum atomic E-state index is 0.0262. The van der Waals surface area contributed by atoms with E-state index in [2.05, 4.69) is 31.0 Å². The van der Waals surface area contributed by atoms with Gasteiger partial charge in [0.15, 0.2) is 0 Å². The fraction of sp³-hybridized carbons (Fsp3) is 0.941. The van der Waals surface area contributed by atoms with Crippen LogP contribution in [0, 0.1) is 11.8 Å². The number of nitrogens with one attached hydrogen (secondary N) is 1. The summed E-state index contributed by atoms with van der Waals surface area (Å²) in [7, 11) is 0. The molecule has 0 bridgehead atoms. The number of amides is 1. The average molecular weight is 296 g/mol. The van der Waals surface area contributed by atoms with Gasteiger partial charge >= 0.3 is 0 Å². The molecule has 2 aliphatic rings. The van der Waals surface area contributed by atoms with Crippen molar-refractivity contribution in [3.8, 4) is 0 Å². The summed E-state index contributed by atoms with van der Waals surface area (Å²) >= 11 is 0. The van der Waals surface area contributed by atoms with Crippen molar-refractivity contribution in [3.63, 3.8) is 0 Å². The molecule has 4 heteroatoms. The Balaban J connectivity index is 2.01. The molecule has 21 heavy (non-hydrogen) atoms. The first-order valence-electron chi connectivity index (χ1n) is 8.72. The van der Waals surface area contributed by atoms with Gasteiger partial charge in [-0.25, -0.2) is 0 Å². The van der Waals surface area contributed by atoms with Gasteiger partial charge in [0.2, 0.25) is 5.91 Å². The predicted octanol–water partition coefficient (Wildman–Crippen LogP) is 2.43. The Bertz CT molecular complexity index is 342. The first kappa shape index (κ1) is 16.8. The maximum atomic E-state index is 13.0. The van der Waals surface area contributed by atoms with E-state index in [1.807, 2.05) is 6.92 Å². The molecule has 5 atom stereocenters. The van der Waals surface area contributed by atoms with Crippen molar-refractivity contribution in [3.05, 3.63) is 0 Å². The molecule has 1 amide bonds. The van der Waals surface area contributed by atoms with Crippen molar-refractivity contribution < 1.29 is 9.53 Å². The molecule has 122 valence electrons. The number of carbonyl (C=O) groups is 1. The SMILES string of the molecule is CCCCN(CC1CCCN1)C(=O)C1C(C)OC(C)C1C. The fourth-order valence-electron chi connectivity index (χ4n) is 3.72. The van der Waals surface area contributed by atoms with Crippen molar-refractivity contribution in [2.75, 3.05) is 19.6 Å². The standard InChI is InChI=1S/C17H32N2O2/c1-5-6-10-19(11-15-8-7-9-18-15)17(20)16-12(2)13(3)21-14(16)4/h12-16,18H,5-11H2,1-4H3. The molecule has 5 unspecified atom stereocenters. The summed E-state index contributed by atoms with van der Waals surface area (Å²) in [6.45, 7) is 11.3. The van der Waals surface area contributed by atoms with E-state index < -0.39 is 0 Å². The van der Waals surface area contributed by atoms with Crippen molar-refractivity contribution in [2.45, 2.75) is 71.6 Å². The molecule has 4 nitrogen and oxygen atoms in total. The Kier molecular flexibility index (Phi) is 6.06. The summed E-state index contributed by atoms with van der Waals surface area (Å²) in [5.41, 5.74) is 0. The summed E-state index contributed by atoms with van der Waals surface area (Å²) in [5.74, 6) is 0.646. The maximum Gasteiger partial charge on any atom is 0.228 e. The number of hydrogen-bond donors (Lipinski definition) is 1.